The van der Waals surface area contributed by atoms with Crippen molar-refractivity contribution in [3.05, 3.63) is 0 Å². The van der Waals surface area contributed by atoms with Crippen LogP contribution in [0.1, 0.15) is 59.3 Å². The van der Waals surface area contributed by atoms with Gasteiger partial charge in [-0.25, -0.2) is 0 Å². The van der Waals surface area contributed by atoms with Gasteiger partial charge >= 0.3 is 11.9 Å². The molecule has 1 atom stereocenters. The highest BCUT2D eigenvalue weighted by Crippen LogP contribution is 2.09. The summed E-state index contributed by atoms with van der Waals surface area (Å²) in [5, 5.41) is 0. The second-order valence-corrected chi connectivity index (χ2v) is 6.18. The predicted octanol–water partition coefficient (Wildman–Crippen LogP) is 3.35. The maximum Gasteiger partial charge on any atom is 0.305 e. The Balaban J connectivity index is 3.48. The third-order valence-corrected chi connectivity index (χ3v) is 3.28. The van der Waals surface area contributed by atoms with Gasteiger partial charge in [0.05, 0.1) is 13.2 Å². The molecule has 0 aromatic heterocycles. The van der Waals surface area contributed by atoms with Crippen molar-refractivity contribution in [1.82, 2.24) is 0 Å². The Labute approximate surface area is 134 Å². The Hall–Kier alpha value is -1.10. The Kier molecular flexibility index (Phi) is 12.9. The molecule has 0 spiro atoms. The molecule has 130 valence electrons. The van der Waals surface area contributed by atoms with E-state index in [0.717, 1.165) is 19.4 Å². The van der Waals surface area contributed by atoms with Gasteiger partial charge in [-0.15, -0.1) is 0 Å². The summed E-state index contributed by atoms with van der Waals surface area (Å²) in [6.45, 7) is 7.78. The molecule has 22 heavy (non-hydrogen) atoms. The quantitative estimate of drug-likeness (QED) is 0.385. The van der Waals surface area contributed by atoms with Gasteiger partial charge in [-0.2, -0.15) is 0 Å². The molecule has 0 aromatic carbocycles. The zero-order valence-corrected chi connectivity index (χ0v) is 14.6. The summed E-state index contributed by atoms with van der Waals surface area (Å²) in [6, 6.07) is 0. The first-order chi connectivity index (χ1) is 10.5. The van der Waals surface area contributed by atoms with Gasteiger partial charge in [0.25, 0.3) is 0 Å². The standard InChI is InChI=1S/C17H32O5/c1-14(2)13-22-17(19)8-6-5-7-16(18)21-12-10-15(3)9-11-20-4/h14-15H,5-13H2,1-4H3. The van der Waals surface area contributed by atoms with E-state index in [1.807, 2.05) is 13.8 Å². The van der Waals surface area contributed by atoms with Crippen LogP contribution in [0, 0.1) is 11.8 Å². The average Bonchev–Trinajstić information content (AvgIpc) is 2.47. The van der Waals surface area contributed by atoms with E-state index < -0.39 is 0 Å². The van der Waals surface area contributed by atoms with Crippen molar-refractivity contribution >= 4 is 11.9 Å². The fraction of sp³-hybridized carbons (Fsp3) is 0.882. The summed E-state index contributed by atoms with van der Waals surface area (Å²) in [4.78, 5) is 22.9. The largest absolute Gasteiger partial charge is 0.466 e. The normalized spacial score (nSPS) is 12.2. The van der Waals surface area contributed by atoms with Crippen LogP contribution in [0.15, 0.2) is 0 Å². The lowest BCUT2D eigenvalue weighted by atomic mass is 10.1. The molecular formula is C17H32O5. The molecule has 0 aromatic rings. The summed E-state index contributed by atoms with van der Waals surface area (Å²) in [6.07, 6.45) is 3.90. The van der Waals surface area contributed by atoms with E-state index in [9.17, 15) is 9.59 Å². The lowest BCUT2D eigenvalue weighted by Crippen LogP contribution is -2.11. The molecule has 0 aliphatic heterocycles. The Morgan fingerprint density at radius 3 is 1.95 bits per heavy atom. The minimum atomic E-state index is -0.186. The molecule has 0 N–H and O–H groups in total. The van der Waals surface area contributed by atoms with Crippen LogP contribution in [0.3, 0.4) is 0 Å². The number of esters is 2. The molecule has 0 heterocycles. The van der Waals surface area contributed by atoms with Gasteiger partial charge in [-0.3, -0.25) is 9.59 Å². The van der Waals surface area contributed by atoms with Crippen molar-refractivity contribution in [3.8, 4) is 0 Å². The Bertz CT molecular complexity index is 301. The van der Waals surface area contributed by atoms with Crippen LogP contribution in [0.25, 0.3) is 0 Å². The molecule has 0 amide bonds. The topological polar surface area (TPSA) is 61.8 Å². The second kappa shape index (κ2) is 13.6. The van der Waals surface area contributed by atoms with Gasteiger partial charge in [0.1, 0.15) is 0 Å². The highest BCUT2D eigenvalue weighted by Gasteiger charge is 2.08. The molecule has 0 bridgehead atoms. The maximum atomic E-state index is 11.5. The first-order valence-corrected chi connectivity index (χ1v) is 8.25. The van der Waals surface area contributed by atoms with Gasteiger partial charge in [-0.05, 0) is 37.5 Å². The first-order valence-electron chi connectivity index (χ1n) is 8.25. The Morgan fingerprint density at radius 1 is 0.864 bits per heavy atom. The van der Waals surface area contributed by atoms with Crippen molar-refractivity contribution in [2.24, 2.45) is 11.8 Å². The van der Waals surface area contributed by atoms with Gasteiger partial charge < -0.3 is 14.2 Å². The molecule has 0 saturated carbocycles. The van der Waals surface area contributed by atoms with Crippen LogP contribution in [-0.4, -0.2) is 38.9 Å². The van der Waals surface area contributed by atoms with E-state index in [0.29, 0.717) is 50.7 Å². The number of ether oxygens (including phenoxy) is 3. The molecule has 0 rings (SSSR count). The van der Waals surface area contributed by atoms with E-state index in [1.54, 1.807) is 7.11 Å². The smallest absolute Gasteiger partial charge is 0.305 e. The first kappa shape index (κ1) is 20.9. The van der Waals surface area contributed by atoms with Crippen LogP contribution >= 0.6 is 0 Å². The summed E-state index contributed by atoms with van der Waals surface area (Å²) in [7, 11) is 1.69. The maximum absolute atomic E-state index is 11.5. The van der Waals surface area contributed by atoms with Crippen molar-refractivity contribution in [2.45, 2.75) is 59.3 Å². The van der Waals surface area contributed by atoms with Gasteiger partial charge in [0.15, 0.2) is 0 Å². The number of unbranched alkanes of at least 4 members (excludes halogenated alkanes) is 1. The monoisotopic (exact) mass is 316 g/mol. The van der Waals surface area contributed by atoms with Crippen molar-refractivity contribution in [1.29, 1.82) is 0 Å². The van der Waals surface area contributed by atoms with E-state index >= 15 is 0 Å². The average molecular weight is 316 g/mol. The van der Waals surface area contributed by atoms with Crippen LogP contribution in [0.4, 0.5) is 0 Å². The predicted molar refractivity (Wildman–Crippen MR) is 85.5 cm³/mol. The summed E-state index contributed by atoms with van der Waals surface area (Å²) in [5.41, 5.74) is 0. The molecule has 5 nitrogen and oxygen atoms in total. The third-order valence-electron chi connectivity index (χ3n) is 3.28. The lowest BCUT2D eigenvalue weighted by Gasteiger charge is -2.11. The molecule has 0 fully saturated rings. The Morgan fingerprint density at radius 2 is 1.41 bits per heavy atom. The van der Waals surface area contributed by atoms with Crippen molar-refractivity contribution < 1.29 is 23.8 Å². The summed E-state index contributed by atoms with van der Waals surface area (Å²) < 4.78 is 15.3. The third kappa shape index (κ3) is 13.9. The molecule has 0 radical (unpaired) electrons. The van der Waals surface area contributed by atoms with Crippen molar-refractivity contribution in [2.75, 3.05) is 26.9 Å². The van der Waals surface area contributed by atoms with E-state index in [4.69, 9.17) is 14.2 Å². The fourth-order valence-corrected chi connectivity index (χ4v) is 1.78. The van der Waals surface area contributed by atoms with Gasteiger partial charge in [-0.1, -0.05) is 20.8 Å². The number of carbonyl (C=O) groups excluding carboxylic acids is 2. The minimum absolute atomic E-state index is 0.186. The fourth-order valence-electron chi connectivity index (χ4n) is 1.78. The van der Waals surface area contributed by atoms with Gasteiger partial charge in [0, 0.05) is 26.6 Å². The van der Waals surface area contributed by atoms with E-state index in [-0.39, 0.29) is 11.9 Å². The highest BCUT2D eigenvalue weighted by molar-refractivity contribution is 5.70. The lowest BCUT2D eigenvalue weighted by molar-refractivity contribution is -0.146. The summed E-state index contributed by atoms with van der Waals surface area (Å²) in [5.74, 6) is 0.470. The van der Waals surface area contributed by atoms with Crippen LogP contribution in [0.5, 0.6) is 0 Å². The van der Waals surface area contributed by atoms with Gasteiger partial charge in [0.2, 0.25) is 0 Å². The molecule has 0 saturated heterocycles. The highest BCUT2D eigenvalue weighted by atomic mass is 16.5. The second-order valence-electron chi connectivity index (χ2n) is 6.18. The number of hydrogen-bond acceptors (Lipinski definition) is 5. The van der Waals surface area contributed by atoms with Crippen molar-refractivity contribution in [3.63, 3.8) is 0 Å². The number of rotatable bonds is 13. The van der Waals surface area contributed by atoms with Crippen LogP contribution < -0.4 is 0 Å². The van der Waals surface area contributed by atoms with E-state index in [1.165, 1.54) is 0 Å². The number of hydrogen-bond donors (Lipinski definition) is 0. The molecular weight excluding hydrogens is 284 g/mol. The molecule has 0 aliphatic carbocycles. The summed E-state index contributed by atoms with van der Waals surface area (Å²) >= 11 is 0. The van der Waals surface area contributed by atoms with E-state index in [2.05, 4.69) is 6.92 Å². The SMILES string of the molecule is COCCC(C)CCOC(=O)CCCCC(=O)OCC(C)C. The molecule has 0 aliphatic rings. The minimum Gasteiger partial charge on any atom is -0.466 e. The zero-order chi connectivity index (χ0) is 16.8. The molecule has 5 heteroatoms. The number of carbonyl (C=O) groups is 2. The van der Waals surface area contributed by atoms with Crippen LogP contribution in [-0.2, 0) is 23.8 Å². The molecule has 1 unspecified atom stereocenters. The van der Waals surface area contributed by atoms with Crippen LogP contribution in [0.2, 0.25) is 0 Å². The number of methoxy groups -OCH3 is 1. The zero-order valence-electron chi connectivity index (χ0n) is 14.6.